The van der Waals surface area contributed by atoms with E-state index < -0.39 is 0 Å². The highest BCUT2D eigenvalue weighted by Crippen LogP contribution is 2.00. The fraction of sp³-hybridized carbons (Fsp3) is 0.400. The molecule has 17 heavy (non-hydrogen) atoms. The van der Waals surface area contributed by atoms with Crippen molar-refractivity contribution in [3.05, 3.63) is 11.2 Å². The molecule has 0 aromatic carbocycles. The van der Waals surface area contributed by atoms with Crippen molar-refractivity contribution in [1.29, 1.82) is 5.26 Å². The van der Waals surface area contributed by atoms with Crippen molar-refractivity contribution >= 4 is 29.9 Å². The summed E-state index contributed by atoms with van der Waals surface area (Å²) in [6, 6.07) is 1.74. The fourth-order valence-corrected chi connectivity index (χ4v) is 0.925. The zero-order chi connectivity index (χ0) is 13.3. The van der Waals surface area contributed by atoms with Crippen molar-refractivity contribution in [2.45, 2.75) is 13.3 Å². The normalized spacial score (nSPS) is 12.4. The lowest BCUT2D eigenvalue weighted by molar-refractivity contribution is -0.144. The van der Waals surface area contributed by atoms with Gasteiger partial charge in [0.05, 0.1) is 18.4 Å². The Kier molecular flexibility index (Phi) is 7.59. The second-order valence-electron chi connectivity index (χ2n) is 3.02. The van der Waals surface area contributed by atoms with E-state index in [0.29, 0.717) is 6.42 Å². The van der Waals surface area contributed by atoms with Crippen LogP contribution < -0.4 is 0 Å². The van der Waals surface area contributed by atoms with Crippen LogP contribution in [0.3, 0.4) is 0 Å². The van der Waals surface area contributed by atoms with Gasteiger partial charge in [-0.05, 0) is 0 Å². The van der Waals surface area contributed by atoms with Crippen LogP contribution in [0.4, 0.5) is 0 Å². The van der Waals surface area contributed by atoms with E-state index in [2.05, 4.69) is 10.1 Å². The molecule has 1 amide bonds. The Morgan fingerprint density at radius 1 is 1.47 bits per heavy atom. The molecule has 0 saturated heterocycles. The van der Waals surface area contributed by atoms with Crippen LogP contribution in [0, 0.1) is 11.3 Å². The van der Waals surface area contributed by atoms with Crippen molar-refractivity contribution < 1.29 is 4.79 Å². The third-order valence-corrected chi connectivity index (χ3v) is 1.74. The van der Waals surface area contributed by atoms with Gasteiger partial charge in [-0.2, -0.15) is 15.5 Å². The molecule has 0 bridgehead atoms. The van der Waals surface area contributed by atoms with Gasteiger partial charge in [0.2, 0.25) is 0 Å². The Labute approximate surface area is 105 Å². The number of carbonyl (C=O) groups is 1. The van der Waals surface area contributed by atoms with Gasteiger partial charge in [-0.3, -0.25) is 4.79 Å². The van der Waals surface area contributed by atoms with Crippen molar-refractivity contribution in [2.75, 3.05) is 14.1 Å². The number of allylic oxidation sites excluding steroid dienone is 1. The summed E-state index contributed by atoms with van der Waals surface area (Å²) < 4.78 is 0. The van der Waals surface area contributed by atoms with Gasteiger partial charge in [0.25, 0.3) is 5.91 Å². The Balaban J connectivity index is 4.54. The third-order valence-electron chi connectivity index (χ3n) is 1.53. The smallest absolute Gasteiger partial charge is 0.257 e. The molecule has 0 saturated carbocycles. The minimum atomic E-state index is -0.140. The molecule has 7 heteroatoms. The van der Waals surface area contributed by atoms with Gasteiger partial charge in [0, 0.05) is 26.7 Å². The van der Waals surface area contributed by atoms with E-state index in [1.165, 1.54) is 17.5 Å². The molecule has 0 N–H and O–H groups in total. The van der Waals surface area contributed by atoms with E-state index in [9.17, 15) is 4.79 Å². The first kappa shape index (κ1) is 15.3. The number of nitriles is 1. The van der Waals surface area contributed by atoms with E-state index in [4.69, 9.17) is 16.9 Å². The van der Waals surface area contributed by atoms with E-state index in [1.807, 2.05) is 0 Å². The summed E-state index contributed by atoms with van der Waals surface area (Å²) >= 11 is 5.54. The third kappa shape index (κ3) is 6.45. The number of halogens is 1. The molecule has 0 radical (unpaired) electrons. The molecule has 0 heterocycles. The largest absolute Gasteiger partial charge is 0.271 e. The number of nitrogens with zero attached hydrogens (tertiary/aromatic N) is 5. The minimum Gasteiger partial charge on any atom is -0.271 e. The Hall–Kier alpha value is -1.71. The van der Waals surface area contributed by atoms with Crippen molar-refractivity contribution in [3.63, 3.8) is 0 Å². The Morgan fingerprint density at radius 3 is 2.59 bits per heavy atom. The molecule has 0 aromatic heterocycles. The highest BCUT2D eigenvalue weighted by atomic mass is 35.5. The molecule has 92 valence electrons. The van der Waals surface area contributed by atoms with Crippen LogP contribution in [-0.2, 0) is 4.79 Å². The van der Waals surface area contributed by atoms with E-state index >= 15 is 0 Å². The van der Waals surface area contributed by atoms with Crippen molar-refractivity contribution in [3.8, 4) is 6.07 Å². The van der Waals surface area contributed by atoms with Crippen LogP contribution in [0.1, 0.15) is 13.3 Å². The van der Waals surface area contributed by atoms with Gasteiger partial charge in [0.15, 0.2) is 0 Å². The van der Waals surface area contributed by atoms with E-state index in [1.54, 1.807) is 32.1 Å². The van der Waals surface area contributed by atoms with Crippen LogP contribution >= 0.6 is 11.6 Å². The summed E-state index contributed by atoms with van der Waals surface area (Å²) in [5.41, 5.74) is 0. The molecular weight excluding hydrogens is 242 g/mol. The van der Waals surface area contributed by atoms with Crippen LogP contribution in [-0.4, -0.2) is 42.6 Å². The zero-order valence-electron chi connectivity index (χ0n) is 9.96. The molecule has 0 rings (SSSR count). The average molecular weight is 256 g/mol. The molecule has 0 aromatic rings. The molecule has 0 spiro atoms. The first-order chi connectivity index (χ1) is 8.02. The summed E-state index contributed by atoms with van der Waals surface area (Å²) in [4.78, 5) is 15.1. The number of amides is 1. The fourth-order valence-electron chi connectivity index (χ4n) is 0.820. The molecule has 0 aliphatic heterocycles. The van der Waals surface area contributed by atoms with Crippen molar-refractivity contribution in [2.24, 2.45) is 10.1 Å². The standard InChI is InChI=1S/C10H14ClN5O/c1-4-10(17)16(15(2)3)14-8-7-13-9(11)5-6-12/h5,7-8H,4H2,1-3H3. The first-order valence-corrected chi connectivity index (χ1v) is 5.22. The van der Waals surface area contributed by atoms with E-state index in [-0.39, 0.29) is 11.1 Å². The lowest BCUT2D eigenvalue weighted by Gasteiger charge is -2.22. The predicted molar refractivity (Wildman–Crippen MR) is 67.4 cm³/mol. The molecule has 6 nitrogen and oxygen atoms in total. The molecular formula is C10H14ClN5O. The van der Waals surface area contributed by atoms with Gasteiger partial charge in [-0.15, -0.1) is 0 Å². The van der Waals surface area contributed by atoms with Crippen LogP contribution in [0.15, 0.2) is 21.3 Å². The average Bonchev–Trinajstić information content (AvgIpc) is 2.28. The molecule has 0 fully saturated rings. The van der Waals surface area contributed by atoms with E-state index in [0.717, 1.165) is 6.08 Å². The quantitative estimate of drug-likeness (QED) is 0.322. The predicted octanol–water partition coefficient (Wildman–Crippen LogP) is 1.36. The molecule has 0 aliphatic carbocycles. The number of hydrogen-bond acceptors (Lipinski definition) is 5. The van der Waals surface area contributed by atoms with Crippen LogP contribution in [0.25, 0.3) is 0 Å². The van der Waals surface area contributed by atoms with Gasteiger partial charge >= 0.3 is 0 Å². The highest BCUT2D eigenvalue weighted by Gasteiger charge is 2.10. The first-order valence-electron chi connectivity index (χ1n) is 4.85. The summed E-state index contributed by atoms with van der Waals surface area (Å²) in [6.07, 6.45) is 4.06. The number of hydrazone groups is 1. The number of aliphatic imine (C=N–C) groups is 1. The Morgan fingerprint density at radius 2 is 2.12 bits per heavy atom. The minimum absolute atomic E-state index is 0.0529. The zero-order valence-corrected chi connectivity index (χ0v) is 10.7. The summed E-state index contributed by atoms with van der Waals surface area (Å²) in [6.45, 7) is 1.75. The Bertz CT molecular complexity index is 381. The topological polar surface area (TPSA) is 72.1 Å². The summed E-state index contributed by atoms with van der Waals surface area (Å²) in [7, 11) is 3.40. The maximum Gasteiger partial charge on any atom is 0.257 e. The monoisotopic (exact) mass is 255 g/mol. The van der Waals surface area contributed by atoms with Crippen LogP contribution in [0.5, 0.6) is 0 Å². The highest BCUT2D eigenvalue weighted by molar-refractivity contribution is 6.31. The lowest BCUT2D eigenvalue weighted by Crippen LogP contribution is -2.37. The van der Waals surface area contributed by atoms with Gasteiger partial charge in [-0.1, -0.05) is 18.5 Å². The van der Waals surface area contributed by atoms with Gasteiger partial charge < -0.3 is 0 Å². The molecule has 0 atom stereocenters. The molecule has 0 unspecified atom stereocenters. The number of hydrogen-bond donors (Lipinski definition) is 0. The number of carbonyl (C=O) groups excluding carboxylic acids is 1. The number of rotatable bonds is 5. The molecule has 0 aliphatic rings. The second-order valence-corrected chi connectivity index (χ2v) is 3.41. The number of hydrazine groups is 1. The van der Waals surface area contributed by atoms with Gasteiger partial charge in [-0.25, -0.2) is 10.0 Å². The SMILES string of the molecule is CCC(=O)N(N=CC=NC(Cl)=CC#N)N(C)C. The van der Waals surface area contributed by atoms with Crippen molar-refractivity contribution in [1.82, 2.24) is 10.1 Å². The maximum atomic E-state index is 11.4. The summed E-state index contributed by atoms with van der Waals surface area (Å²) in [5, 5.41) is 15.0. The lowest BCUT2D eigenvalue weighted by atomic mass is 10.5. The van der Waals surface area contributed by atoms with Gasteiger partial charge in [0.1, 0.15) is 5.16 Å². The maximum absolute atomic E-state index is 11.4. The van der Waals surface area contributed by atoms with Crippen LogP contribution in [0.2, 0.25) is 0 Å². The second kappa shape index (κ2) is 8.44. The summed E-state index contributed by atoms with van der Waals surface area (Å²) in [5.74, 6) is -0.140.